The third-order valence-electron chi connectivity index (χ3n) is 4.38. The van der Waals surface area contributed by atoms with Crippen LogP contribution in [0.15, 0.2) is 23.0 Å². The van der Waals surface area contributed by atoms with Crippen LogP contribution < -0.4 is 11.0 Å². The zero-order valence-corrected chi connectivity index (χ0v) is 12.7. The minimum absolute atomic E-state index is 0.00736. The third-order valence-corrected chi connectivity index (χ3v) is 4.38. The van der Waals surface area contributed by atoms with Gasteiger partial charge in [0.25, 0.3) is 0 Å². The third kappa shape index (κ3) is 2.26. The molecule has 2 aromatic rings. The van der Waals surface area contributed by atoms with Gasteiger partial charge in [0.05, 0.1) is 17.1 Å². The van der Waals surface area contributed by atoms with Crippen molar-refractivity contribution in [3.8, 4) is 0 Å². The number of imidazole rings is 1. The Hall–Kier alpha value is -2.04. The van der Waals surface area contributed by atoms with Gasteiger partial charge in [-0.1, -0.05) is 19.9 Å². The van der Waals surface area contributed by atoms with Crippen molar-refractivity contribution in [2.45, 2.75) is 38.6 Å². The highest BCUT2D eigenvalue weighted by Gasteiger charge is 2.24. The number of nitrogens with zero attached hydrogens (tertiary/aromatic N) is 2. The number of carbonyl (C=O) groups excluding carboxylic acids is 1. The lowest BCUT2D eigenvalue weighted by Crippen LogP contribution is -2.39. The van der Waals surface area contributed by atoms with Crippen LogP contribution in [0.3, 0.4) is 0 Å². The van der Waals surface area contributed by atoms with Crippen LogP contribution in [-0.4, -0.2) is 21.6 Å². The van der Waals surface area contributed by atoms with Crippen LogP contribution in [0.4, 0.5) is 0 Å². The molecule has 0 aliphatic carbocycles. The SMILES string of the molecule is CC(C)c1ccc2c(c1)n(C)c(=O)n2[C@@H]1CCC(=O)NC1. The van der Waals surface area contributed by atoms with E-state index in [1.54, 1.807) is 4.57 Å². The molecule has 5 nitrogen and oxygen atoms in total. The number of amides is 1. The maximum Gasteiger partial charge on any atom is 0.329 e. The minimum atomic E-state index is -0.00736. The van der Waals surface area contributed by atoms with Gasteiger partial charge < -0.3 is 5.32 Å². The molecule has 1 aromatic carbocycles. The average Bonchev–Trinajstić information content (AvgIpc) is 2.72. The Morgan fingerprint density at radius 1 is 1.24 bits per heavy atom. The summed E-state index contributed by atoms with van der Waals surface area (Å²) in [7, 11) is 1.81. The summed E-state index contributed by atoms with van der Waals surface area (Å²) in [6, 6.07) is 6.26. The molecule has 1 fully saturated rings. The summed E-state index contributed by atoms with van der Waals surface area (Å²) < 4.78 is 3.54. The van der Waals surface area contributed by atoms with Gasteiger partial charge in [0.1, 0.15) is 0 Å². The second-order valence-corrected chi connectivity index (χ2v) is 6.11. The Balaban J connectivity index is 2.13. The van der Waals surface area contributed by atoms with Gasteiger partial charge in [-0.05, 0) is 30.0 Å². The van der Waals surface area contributed by atoms with Crippen LogP contribution in [0.1, 0.15) is 44.2 Å². The summed E-state index contributed by atoms with van der Waals surface area (Å²) in [6.07, 6.45) is 1.20. The van der Waals surface area contributed by atoms with E-state index in [0.717, 1.165) is 17.5 Å². The Bertz CT molecular complexity index is 745. The van der Waals surface area contributed by atoms with E-state index in [1.165, 1.54) is 5.56 Å². The van der Waals surface area contributed by atoms with Crippen molar-refractivity contribution in [1.29, 1.82) is 0 Å². The first-order chi connectivity index (χ1) is 9.99. The highest BCUT2D eigenvalue weighted by Crippen LogP contribution is 2.25. The molecule has 1 saturated heterocycles. The van der Waals surface area contributed by atoms with Gasteiger partial charge in [-0.15, -0.1) is 0 Å². The van der Waals surface area contributed by atoms with E-state index in [9.17, 15) is 9.59 Å². The highest BCUT2D eigenvalue weighted by atomic mass is 16.2. The molecule has 1 aromatic heterocycles. The summed E-state index contributed by atoms with van der Waals surface area (Å²) in [5, 5.41) is 2.85. The molecular formula is C16H21N3O2. The van der Waals surface area contributed by atoms with Crippen LogP contribution >= 0.6 is 0 Å². The first-order valence-corrected chi connectivity index (χ1v) is 7.46. The molecular weight excluding hydrogens is 266 g/mol. The summed E-state index contributed by atoms with van der Waals surface area (Å²) in [4.78, 5) is 23.9. The standard InChI is InChI=1S/C16H21N3O2/c1-10(2)11-4-6-13-14(8-11)18(3)16(21)19(13)12-5-7-15(20)17-9-12/h4,6,8,10,12H,5,7,9H2,1-3H3,(H,17,20)/t12-/m1/s1. The largest absolute Gasteiger partial charge is 0.354 e. The molecule has 112 valence electrons. The fourth-order valence-corrected chi connectivity index (χ4v) is 3.03. The molecule has 2 heterocycles. The monoisotopic (exact) mass is 287 g/mol. The normalized spacial score (nSPS) is 19.2. The highest BCUT2D eigenvalue weighted by molar-refractivity contribution is 5.78. The minimum Gasteiger partial charge on any atom is -0.354 e. The maximum atomic E-state index is 12.6. The van der Waals surface area contributed by atoms with Crippen molar-refractivity contribution < 1.29 is 4.79 Å². The van der Waals surface area contributed by atoms with Crippen molar-refractivity contribution in [3.63, 3.8) is 0 Å². The number of aromatic nitrogens is 2. The van der Waals surface area contributed by atoms with Crippen LogP contribution in [0.25, 0.3) is 11.0 Å². The van der Waals surface area contributed by atoms with Crippen LogP contribution in [0, 0.1) is 0 Å². The van der Waals surface area contributed by atoms with Gasteiger partial charge in [0.2, 0.25) is 5.91 Å². The zero-order valence-electron chi connectivity index (χ0n) is 12.7. The van der Waals surface area contributed by atoms with Gasteiger partial charge >= 0.3 is 5.69 Å². The van der Waals surface area contributed by atoms with Gasteiger partial charge in [-0.25, -0.2) is 4.79 Å². The number of rotatable bonds is 2. The first kappa shape index (κ1) is 13.9. The number of hydrogen-bond donors (Lipinski definition) is 1. The summed E-state index contributed by atoms with van der Waals surface area (Å²) >= 11 is 0. The van der Waals surface area contributed by atoms with Crippen molar-refractivity contribution in [3.05, 3.63) is 34.2 Å². The summed E-state index contributed by atoms with van der Waals surface area (Å²) in [6.45, 7) is 4.82. The van der Waals surface area contributed by atoms with E-state index in [2.05, 4.69) is 31.3 Å². The molecule has 5 heteroatoms. The van der Waals surface area contributed by atoms with Gasteiger partial charge in [-0.3, -0.25) is 13.9 Å². The van der Waals surface area contributed by atoms with E-state index in [-0.39, 0.29) is 17.6 Å². The Kier molecular flexibility index (Phi) is 3.35. The molecule has 1 atom stereocenters. The van der Waals surface area contributed by atoms with E-state index in [0.29, 0.717) is 18.9 Å². The molecule has 0 bridgehead atoms. The number of hydrogen-bond acceptors (Lipinski definition) is 2. The molecule has 1 aliphatic heterocycles. The smallest absolute Gasteiger partial charge is 0.329 e. The van der Waals surface area contributed by atoms with E-state index in [4.69, 9.17) is 0 Å². The maximum absolute atomic E-state index is 12.6. The Morgan fingerprint density at radius 3 is 2.62 bits per heavy atom. The second-order valence-electron chi connectivity index (χ2n) is 6.11. The molecule has 0 saturated carbocycles. The second kappa shape index (κ2) is 5.06. The van der Waals surface area contributed by atoms with Crippen LogP contribution in [-0.2, 0) is 11.8 Å². The lowest BCUT2D eigenvalue weighted by Gasteiger charge is -2.23. The predicted octanol–water partition coefficient (Wildman–Crippen LogP) is 1.91. The first-order valence-electron chi connectivity index (χ1n) is 7.46. The number of aryl methyl sites for hydroxylation is 1. The topological polar surface area (TPSA) is 56.0 Å². The lowest BCUT2D eigenvalue weighted by molar-refractivity contribution is -0.122. The van der Waals surface area contributed by atoms with E-state index in [1.807, 2.05) is 17.7 Å². The summed E-state index contributed by atoms with van der Waals surface area (Å²) in [5.74, 6) is 0.503. The Morgan fingerprint density at radius 2 is 2.00 bits per heavy atom. The molecule has 1 amide bonds. The van der Waals surface area contributed by atoms with Gasteiger partial charge in [-0.2, -0.15) is 0 Å². The molecule has 0 unspecified atom stereocenters. The van der Waals surface area contributed by atoms with Crippen molar-refractivity contribution in [2.24, 2.45) is 7.05 Å². The lowest BCUT2D eigenvalue weighted by atomic mass is 10.0. The van der Waals surface area contributed by atoms with Crippen molar-refractivity contribution in [1.82, 2.24) is 14.5 Å². The predicted molar refractivity (Wildman–Crippen MR) is 82.5 cm³/mol. The molecule has 0 radical (unpaired) electrons. The van der Waals surface area contributed by atoms with Crippen molar-refractivity contribution >= 4 is 16.9 Å². The molecule has 1 N–H and O–H groups in total. The number of fused-ring (bicyclic) bond motifs is 1. The molecule has 0 spiro atoms. The zero-order chi connectivity index (χ0) is 15.1. The van der Waals surface area contributed by atoms with Crippen LogP contribution in [0.5, 0.6) is 0 Å². The molecule has 3 rings (SSSR count). The number of benzene rings is 1. The average molecular weight is 287 g/mol. The molecule has 21 heavy (non-hydrogen) atoms. The fourth-order valence-electron chi connectivity index (χ4n) is 3.03. The van der Waals surface area contributed by atoms with Crippen molar-refractivity contribution in [2.75, 3.05) is 6.54 Å². The van der Waals surface area contributed by atoms with Gasteiger partial charge in [0.15, 0.2) is 0 Å². The Labute approximate surface area is 123 Å². The summed E-state index contributed by atoms with van der Waals surface area (Å²) in [5.41, 5.74) is 3.13. The number of carbonyl (C=O) groups is 1. The quantitative estimate of drug-likeness (QED) is 0.917. The molecule has 1 aliphatic rings. The van der Waals surface area contributed by atoms with E-state index >= 15 is 0 Å². The van der Waals surface area contributed by atoms with E-state index < -0.39 is 0 Å². The number of nitrogens with one attached hydrogen (secondary N) is 1. The van der Waals surface area contributed by atoms with Gasteiger partial charge in [0, 0.05) is 20.0 Å². The number of piperidine rings is 1. The van der Waals surface area contributed by atoms with Crippen LogP contribution in [0.2, 0.25) is 0 Å². The fraction of sp³-hybridized carbons (Fsp3) is 0.500.